The maximum atomic E-state index is 9.10. The Bertz CT molecular complexity index is 705. The predicted octanol–water partition coefficient (Wildman–Crippen LogP) is 2.75. The molecule has 1 fully saturated rings. The monoisotopic (exact) mass is 313 g/mol. The highest BCUT2D eigenvalue weighted by Crippen LogP contribution is 2.41. The molecule has 2 atom stereocenters. The highest BCUT2D eigenvalue weighted by atomic mass is 16.3. The van der Waals surface area contributed by atoms with Gasteiger partial charge in [-0.1, -0.05) is 18.2 Å². The maximum Gasteiger partial charge on any atom is 0.0644 e. The molecule has 1 saturated carbocycles. The minimum Gasteiger partial charge on any atom is -0.394 e. The molecule has 0 radical (unpaired) electrons. The summed E-state index contributed by atoms with van der Waals surface area (Å²) in [7, 11) is 0. The normalized spacial score (nSPS) is 20.0. The molecule has 0 aliphatic heterocycles. The number of nitrogens with one attached hydrogen (secondary N) is 1. The van der Waals surface area contributed by atoms with Gasteiger partial charge in [0.25, 0.3) is 0 Å². The van der Waals surface area contributed by atoms with Gasteiger partial charge in [0.2, 0.25) is 0 Å². The highest BCUT2D eigenvalue weighted by Gasteiger charge is 2.38. The van der Waals surface area contributed by atoms with Crippen LogP contribution in [0, 0.1) is 27.7 Å². The van der Waals surface area contributed by atoms with Crippen LogP contribution in [0.1, 0.15) is 46.0 Å². The first-order valence-corrected chi connectivity index (χ1v) is 8.45. The second-order valence-corrected chi connectivity index (χ2v) is 6.77. The van der Waals surface area contributed by atoms with Crippen molar-refractivity contribution in [1.82, 2.24) is 15.1 Å². The van der Waals surface area contributed by atoms with E-state index in [-0.39, 0.29) is 6.61 Å². The summed E-state index contributed by atoms with van der Waals surface area (Å²) in [4.78, 5) is 0. The number of nitrogens with zero attached hydrogens (tertiary/aromatic N) is 2. The molecule has 0 bridgehead atoms. The molecule has 23 heavy (non-hydrogen) atoms. The average molecular weight is 313 g/mol. The molecular weight excluding hydrogens is 286 g/mol. The van der Waals surface area contributed by atoms with E-state index < -0.39 is 0 Å². The van der Waals surface area contributed by atoms with E-state index >= 15 is 0 Å². The van der Waals surface area contributed by atoms with Crippen molar-refractivity contribution in [2.75, 3.05) is 6.61 Å². The molecule has 1 heterocycles. The van der Waals surface area contributed by atoms with Crippen LogP contribution in [0.2, 0.25) is 0 Å². The van der Waals surface area contributed by atoms with Crippen molar-refractivity contribution in [3.05, 3.63) is 51.8 Å². The third-order valence-corrected chi connectivity index (χ3v) is 5.13. The second-order valence-electron chi connectivity index (χ2n) is 6.77. The Morgan fingerprint density at radius 1 is 1.22 bits per heavy atom. The Labute approximate surface area is 138 Å². The first kappa shape index (κ1) is 16.2. The zero-order valence-corrected chi connectivity index (χ0v) is 14.6. The smallest absolute Gasteiger partial charge is 0.0644 e. The predicted molar refractivity (Wildman–Crippen MR) is 92.7 cm³/mol. The summed E-state index contributed by atoms with van der Waals surface area (Å²) in [6.07, 6.45) is 1.21. The number of aryl methyl sites for hydroxylation is 3. The third-order valence-electron chi connectivity index (χ3n) is 5.13. The molecule has 0 amide bonds. The van der Waals surface area contributed by atoms with E-state index in [1.165, 1.54) is 28.7 Å². The lowest BCUT2D eigenvalue weighted by Crippen LogP contribution is -2.18. The summed E-state index contributed by atoms with van der Waals surface area (Å²) < 4.78 is 1.90. The molecular formula is C19H27N3O. The molecule has 3 rings (SSSR count). The Kier molecular flexibility index (Phi) is 4.55. The SMILES string of the molecule is Cc1ccc([C@@H]2C[C@H]2NCc2c(C)nn(CCO)c2C)cc1C. The van der Waals surface area contributed by atoms with Crippen molar-refractivity contribution < 1.29 is 5.11 Å². The molecule has 1 aromatic carbocycles. The van der Waals surface area contributed by atoms with Crippen LogP contribution in [-0.4, -0.2) is 27.5 Å². The molecule has 1 aliphatic carbocycles. The largest absolute Gasteiger partial charge is 0.394 e. The van der Waals surface area contributed by atoms with Crippen molar-refractivity contribution >= 4 is 0 Å². The summed E-state index contributed by atoms with van der Waals surface area (Å²) in [5, 5.41) is 17.3. The van der Waals surface area contributed by atoms with Crippen LogP contribution in [0.15, 0.2) is 18.2 Å². The van der Waals surface area contributed by atoms with Crippen LogP contribution in [0.5, 0.6) is 0 Å². The van der Waals surface area contributed by atoms with Crippen LogP contribution in [0.4, 0.5) is 0 Å². The molecule has 4 heteroatoms. The minimum absolute atomic E-state index is 0.131. The van der Waals surface area contributed by atoms with E-state index in [9.17, 15) is 0 Å². The first-order chi connectivity index (χ1) is 11.0. The molecule has 0 spiro atoms. The van der Waals surface area contributed by atoms with Crippen LogP contribution in [0.3, 0.4) is 0 Å². The first-order valence-electron chi connectivity index (χ1n) is 8.45. The Morgan fingerprint density at radius 2 is 2.00 bits per heavy atom. The fourth-order valence-electron chi connectivity index (χ4n) is 3.32. The van der Waals surface area contributed by atoms with Crippen molar-refractivity contribution in [3.63, 3.8) is 0 Å². The van der Waals surface area contributed by atoms with Gasteiger partial charge < -0.3 is 10.4 Å². The standard InChI is InChI=1S/C19H27N3O/c1-12-5-6-16(9-13(12)2)17-10-19(17)20-11-18-14(3)21-22(7-8-23)15(18)4/h5-6,9,17,19-20,23H,7-8,10-11H2,1-4H3/t17-,19+/m0/s1. The number of hydrogen-bond donors (Lipinski definition) is 2. The van der Waals surface area contributed by atoms with Crippen molar-refractivity contribution in [1.29, 1.82) is 0 Å². The van der Waals surface area contributed by atoms with Gasteiger partial charge in [0.05, 0.1) is 18.8 Å². The molecule has 124 valence electrons. The Hall–Kier alpha value is -1.65. The molecule has 2 N–H and O–H groups in total. The van der Waals surface area contributed by atoms with Gasteiger partial charge in [-0.05, 0) is 50.8 Å². The highest BCUT2D eigenvalue weighted by molar-refractivity contribution is 5.36. The van der Waals surface area contributed by atoms with E-state index in [1.54, 1.807) is 0 Å². The summed E-state index contributed by atoms with van der Waals surface area (Å²) in [5.74, 6) is 0.641. The zero-order chi connectivity index (χ0) is 16.6. The topological polar surface area (TPSA) is 50.1 Å². The van der Waals surface area contributed by atoms with Gasteiger partial charge >= 0.3 is 0 Å². The van der Waals surface area contributed by atoms with Crippen molar-refractivity contribution in [3.8, 4) is 0 Å². The van der Waals surface area contributed by atoms with Gasteiger partial charge in [0, 0.05) is 29.8 Å². The van der Waals surface area contributed by atoms with Gasteiger partial charge in [0.1, 0.15) is 0 Å². The molecule has 4 nitrogen and oxygen atoms in total. The summed E-state index contributed by atoms with van der Waals surface area (Å²) in [5.41, 5.74) is 7.69. The van der Waals surface area contributed by atoms with E-state index in [4.69, 9.17) is 5.11 Å². The molecule has 0 saturated heterocycles. The number of hydrogen-bond acceptors (Lipinski definition) is 3. The van der Waals surface area contributed by atoms with Gasteiger partial charge in [0.15, 0.2) is 0 Å². The number of aliphatic hydroxyl groups excluding tert-OH is 1. The number of benzene rings is 1. The lowest BCUT2D eigenvalue weighted by atomic mass is 10.0. The van der Waals surface area contributed by atoms with Crippen LogP contribution in [0.25, 0.3) is 0 Å². The summed E-state index contributed by atoms with van der Waals surface area (Å²) in [6.45, 7) is 10.0. The molecule has 2 aromatic rings. The van der Waals surface area contributed by atoms with Crippen LogP contribution >= 0.6 is 0 Å². The average Bonchev–Trinajstić information content (AvgIpc) is 3.23. The lowest BCUT2D eigenvalue weighted by Gasteiger charge is -2.07. The Balaban J connectivity index is 1.61. The number of aliphatic hydroxyl groups is 1. The third kappa shape index (κ3) is 3.33. The molecule has 0 unspecified atom stereocenters. The summed E-state index contributed by atoms with van der Waals surface area (Å²) >= 11 is 0. The zero-order valence-electron chi connectivity index (χ0n) is 14.6. The van der Waals surface area contributed by atoms with Gasteiger partial charge in [-0.3, -0.25) is 4.68 Å². The Morgan fingerprint density at radius 3 is 2.70 bits per heavy atom. The minimum atomic E-state index is 0.131. The van der Waals surface area contributed by atoms with Gasteiger partial charge in [-0.25, -0.2) is 0 Å². The van der Waals surface area contributed by atoms with Crippen molar-refractivity contribution in [2.45, 2.75) is 59.2 Å². The molecule has 1 aliphatic rings. The van der Waals surface area contributed by atoms with E-state index in [0.717, 1.165) is 17.9 Å². The fourth-order valence-corrected chi connectivity index (χ4v) is 3.32. The number of aromatic nitrogens is 2. The van der Waals surface area contributed by atoms with Gasteiger partial charge in [-0.15, -0.1) is 0 Å². The van der Waals surface area contributed by atoms with Gasteiger partial charge in [-0.2, -0.15) is 5.10 Å². The maximum absolute atomic E-state index is 9.10. The fraction of sp³-hybridized carbons (Fsp3) is 0.526. The number of rotatable bonds is 6. The van der Waals surface area contributed by atoms with Crippen LogP contribution in [-0.2, 0) is 13.1 Å². The molecule has 1 aromatic heterocycles. The second kappa shape index (κ2) is 6.46. The lowest BCUT2D eigenvalue weighted by molar-refractivity contribution is 0.267. The summed E-state index contributed by atoms with van der Waals surface area (Å²) in [6, 6.07) is 7.40. The van der Waals surface area contributed by atoms with E-state index in [1.807, 2.05) is 11.6 Å². The van der Waals surface area contributed by atoms with E-state index in [0.29, 0.717) is 18.5 Å². The van der Waals surface area contributed by atoms with E-state index in [2.05, 4.69) is 49.4 Å². The van der Waals surface area contributed by atoms with Crippen molar-refractivity contribution in [2.24, 2.45) is 0 Å². The quantitative estimate of drug-likeness (QED) is 0.862. The van der Waals surface area contributed by atoms with Crippen LogP contribution < -0.4 is 5.32 Å².